The lowest BCUT2D eigenvalue weighted by atomic mass is 9.96. The van der Waals surface area contributed by atoms with E-state index >= 15 is 0 Å². The molecule has 24 rings (SSSR count). The van der Waals surface area contributed by atoms with Crippen LogP contribution in [0, 0.1) is 46.3 Å². The van der Waals surface area contributed by atoms with Crippen molar-refractivity contribution in [3.63, 3.8) is 0 Å². The van der Waals surface area contributed by atoms with Crippen LogP contribution in [0.4, 0.5) is 0 Å². The molecule has 672 valence electrons. The molecule has 0 aliphatic carbocycles. The molecule has 8 aromatic heterocycles. The Morgan fingerprint density at radius 1 is 0.214 bits per heavy atom. The summed E-state index contributed by atoms with van der Waals surface area (Å²) in [4.78, 5) is 11.7. The Kier molecular flexibility index (Phi) is 21.4. The lowest BCUT2D eigenvalue weighted by molar-refractivity contribution is 0.868. The molecule has 0 radical (unpaired) electrons. The van der Waals surface area contributed by atoms with Crippen molar-refractivity contribution in [2.75, 3.05) is 0 Å². The van der Waals surface area contributed by atoms with E-state index in [-0.39, 0.29) is 0 Å². The first-order valence-corrected chi connectivity index (χ1v) is 48.7. The zero-order valence-corrected chi connectivity index (χ0v) is 80.4. The van der Waals surface area contributed by atoms with Crippen LogP contribution < -0.4 is 0 Å². The van der Waals surface area contributed by atoms with E-state index in [0.29, 0.717) is 69.4 Å². The number of hydrogen-bond acceptors (Lipinski definition) is 5. The molecule has 0 bridgehead atoms. The lowest BCUT2D eigenvalue weighted by Gasteiger charge is -2.27. The van der Waals surface area contributed by atoms with Gasteiger partial charge in [-0.25, -0.2) is 9.97 Å². The molecule has 24 aromatic rings. The Morgan fingerprint density at radius 3 is 0.771 bits per heavy atom. The highest BCUT2D eigenvalue weighted by molar-refractivity contribution is 6.18. The van der Waals surface area contributed by atoms with E-state index in [2.05, 4.69) is 450 Å². The Morgan fingerprint density at radius 2 is 0.464 bits per heavy atom. The average molecular weight is 1810 g/mol. The normalized spacial score (nSPS) is 11.9. The van der Waals surface area contributed by atoms with Crippen molar-refractivity contribution in [1.29, 1.82) is 15.8 Å². The molecule has 0 saturated heterocycles. The molecule has 0 N–H and O–H groups in total. The average Bonchev–Trinajstić information content (AvgIpc) is 1.48. The van der Waals surface area contributed by atoms with Gasteiger partial charge in [0.1, 0.15) is 29.6 Å². The Labute approximate surface area is 814 Å². The summed E-state index contributed by atoms with van der Waals surface area (Å²) in [5.41, 5.74) is 33.2. The number of nitrogens with zero attached hydrogens (tertiary/aromatic N) is 11. The predicted octanol–water partition coefficient (Wildman–Crippen LogP) is 33.8. The number of para-hydroxylation sites is 6. The summed E-state index contributed by atoms with van der Waals surface area (Å²) in [6, 6.07) is 134. The maximum Gasteiger partial charge on any atom is 0.165 e. The molecule has 11 heteroatoms. The second-order valence-corrected chi connectivity index (χ2v) is 39.3. The molecular weight excluding hydrogens is 1700 g/mol. The molecule has 0 fully saturated rings. The third-order valence-corrected chi connectivity index (χ3v) is 29.0. The Bertz CT molecular complexity index is 8980. The fourth-order valence-corrected chi connectivity index (χ4v) is 21.5. The van der Waals surface area contributed by atoms with Gasteiger partial charge in [-0.1, -0.05) is 271 Å². The van der Waals surface area contributed by atoms with Crippen molar-refractivity contribution in [2.24, 2.45) is 0 Å². The summed E-state index contributed by atoms with van der Waals surface area (Å²) < 4.78 is 14.4. The first-order chi connectivity index (χ1) is 68.2. The number of pyridine rings is 2. The Hall–Kier alpha value is -17.4. The molecule has 16 aromatic carbocycles. The minimum Gasteiger partial charge on any atom is -0.309 e. The molecule has 0 unspecified atom stereocenters. The number of nitriles is 3. The van der Waals surface area contributed by atoms with Gasteiger partial charge in [-0.3, -0.25) is 9.13 Å². The molecule has 0 spiro atoms. The van der Waals surface area contributed by atoms with Crippen molar-refractivity contribution >= 4 is 131 Å². The maximum absolute atomic E-state index is 11.1. The number of aromatic nitrogens is 8. The second kappa shape index (κ2) is 34.5. The van der Waals surface area contributed by atoms with Crippen LogP contribution >= 0.6 is 0 Å². The number of fused-ring (bicyclic) bond motifs is 18. The molecule has 140 heavy (non-hydrogen) atoms. The summed E-state index contributed by atoms with van der Waals surface area (Å²) >= 11 is 0. The zero-order chi connectivity index (χ0) is 95.9. The van der Waals surface area contributed by atoms with Gasteiger partial charge in [-0.05, 0) is 255 Å². The molecule has 0 atom stereocenters. The minimum absolute atomic E-state index is 0.297. The van der Waals surface area contributed by atoms with Crippen molar-refractivity contribution in [3.8, 4) is 110 Å². The fourth-order valence-electron chi connectivity index (χ4n) is 21.5. The quantitative estimate of drug-likeness (QED) is 0.0891. The summed E-state index contributed by atoms with van der Waals surface area (Å²) in [5.74, 6) is 6.19. The highest BCUT2D eigenvalue weighted by Crippen LogP contribution is 2.52. The van der Waals surface area contributed by atoms with E-state index in [0.717, 1.165) is 155 Å². The van der Waals surface area contributed by atoms with Gasteiger partial charge in [0, 0.05) is 98.3 Å². The van der Waals surface area contributed by atoms with Crippen LogP contribution in [0.1, 0.15) is 174 Å². The van der Waals surface area contributed by atoms with Crippen LogP contribution in [0.3, 0.4) is 0 Å². The van der Waals surface area contributed by atoms with E-state index in [1.54, 1.807) is 0 Å². The largest absolute Gasteiger partial charge is 0.309 e. The van der Waals surface area contributed by atoms with E-state index in [1.807, 2.05) is 36.4 Å². The predicted molar refractivity (Wildman–Crippen MR) is 583 cm³/mol. The monoisotopic (exact) mass is 1800 g/mol. The third kappa shape index (κ3) is 14.2. The lowest BCUT2D eigenvalue weighted by Crippen LogP contribution is -2.16. The number of benzene rings is 16. The summed E-state index contributed by atoms with van der Waals surface area (Å²) in [6.45, 7) is 27.0. The van der Waals surface area contributed by atoms with Crippen LogP contribution in [0.25, 0.3) is 210 Å². The summed E-state index contributed by atoms with van der Waals surface area (Å²) in [7, 11) is 0. The van der Waals surface area contributed by atoms with Crippen LogP contribution in [0.2, 0.25) is 0 Å². The van der Waals surface area contributed by atoms with Gasteiger partial charge < -0.3 is 18.3 Å². The standard InChI is InChI=1S/C73H59N7.C56H42N4/c1-42(2)46-27-31-65-57(36-46)53-17-9-13-21-61(53)77(65)70-69(50-25-26-51(40-74)52(35-50)41-75)71(78-62-22-14-10-18-54(62)58-37-47(43(3)4)28-32-66(58)78)73(80-64-24-16-12-20-56(64)60-39-49(45(7)8)30-34-68(60)80)76-72(70)79-63-23-15-11-19-55(63)59-38-48(44(5)6)29-33-67(59)79;1-6-37-15-16-42(29-44(37)34-57)43-32-51(38-17-23-45(24-18-38)59-53-13-9-7-11-47(53)49-30-40(35(2)3)21-27-55(49)59)58-52(33-43)39-19-25-46(26-20-39)60-54-14-10-8-12-48(54)50-31-41(36(4)5)22-28-56(50)60/h9-39,42-45H,1-8H3;1,7-33,35-36H,2-5H3. The SMILES string of the molecule is C#Cc1ccc(-c2cc(-c3ccc(-n4c5ccccc5c5cc(C(C)C)ccc54)cc3)nc(-c3ccc(-n4c5ccccc5c5cc(C(C)C)ccc54)cc3)c2)cc1C#N.CC(C)c1ccc2c(c1)c1ccccc1n2-c1nc(-n2c3ccccc3c3cc(C(C)C)ccc32)c(-n2c3ccccc3c3cc(C(C)C)ccc32)c(-c2ccc(C#N)c(C#N)c2)c1-n1c2ccccc2c2cc(C(C)C)ccc21. The van der Waals surface area contributed by atoms with Gasteiger partial charge in [0.15, 0.2) is 11.6 Å². The van der Waals surface area contributed by atoms with Crippen LogP contribution in [-0.2, 0) is 0 Å². The van der Waals surface area contributed by atoms with E-state index in [1.165, 1.54) is 77.0 Å². The van der Waals surface area contributed by atoms with Crippen molar-refractivity contribution in [2.45, 2.75) is 119 Å². The van der Waals surface area contributed by atoms with E-state index in [4.69, 9.17) is 16.4 Å². The van der Waals surface area contributed by atoms with Gasteiger partial charge in [-0.2, -0.15) is 15.8 Å². The van der Waals surface area contributed by atoms with Gasteiger partial charge in [0.05, 0.1) is 94.3 Å². The molecule has 8 heterocycles. The van der Waals surface area contributed by atoms with Crippen molar-refractivity contribution in [1.82, 2.24) is 37.4 Å². The third-order valence-electron chi connectivity index (χ3n) is 29.0. The van der Waals surface area contributed by atoms with E-state index in [9.17, 15) is 15.8 Å². The van der Waals surface area contributed by atoms with Crippen LogP contribution in [0.5, 0.6) is 0 Å². The molecular formula is C129H101N11. The zero-order valence-electron chi connectivity index (χ0n) is 80.4. The van der Waals surface area contributed by atoms with Gasteiger partial charge in [0.2, 0.25) is 0 Å². The summed E-state index contributed by atoms with van der Waals surface area (Å²) in [5, 5.41) is 45.8. The van der Waals surface area contributed by atoms with Gasteiger partial charge >= 0.3 is 0 Å². The van der Waals surface area contributed by atoms with E-state index < -0.39 is 0 Å². The van der Waals surface area contributed by atoms with Gasteiger partial charge in [0.25, 0.3) is 0 Å². The van der Waals surface area contributed by atoms with Crippen molar-refractivity contribution < 1.29 is 0 Å². The fraction of sp³-hybridized carbons (Fsp3) is 0.140. The molecule has 11 nitrogen and oxygen atoms in total. The smallest absolute Gasteiger partial charge is 0.165 e. The van der Waals surface area contributed by atoms with Gasteiger partial charge in [-0.15, -0.1) is 6.42 Å². The highest BCUT2D eigenvalue weighted by atomic mass is 15.2. The summed E-state index contributed by atoms with van der Waals surface area (Å²) in [6.07, 6.45) is 5.75. The highest BCUT2D eigenvalue weighted by Gasteiger charge is 2.35. The topological polar surface area (TPSA) is 127 Å². The molecule has 0 aliphatic heterocycles. The Balaban J connectivity index is 0.000000163. The number of hydrogen-bond donors (Lipinski definition) is 0. The van der Waals surface area contributed by atoms with Crippen LogP contribution in [0.15, 0.2) is 352 Å². The minimum atomic E-state index is 0.297. The molecule has 0 saturated carbocycles. The number of terminal acetylenes is 1. The molecule has 0 amide bonds. The first-order valence-electron chi connectivity index (χ1n) is 48.7. The van der Waals surface area contributed by atoms with Crippen LogP contribution in [-0.4, -0.2) is 37.4 Å². The molecule has 0 aliphatic rings. The first kappa shape index (κ1) is 86.7. The van der Waals surface area contributed by atoms with Crippen molar-refractivity contribution in [3.05, 3.63) is 407 Å². The maximum atomic E-state index is 11.1. The number of rotatable bonds is 16. The second-order valence-electron chi connectivity index (χ2n) is 39.3.